The van der Waals surface area contributed by atoms with Gasteiger partial charge < -0.3 is 13.7 Å². The number of hydrogen-bond acceptors (Lipinski definition) is 3. The standard InChI is InChI=1S/C41H25N3O2/c1-5-16-33-27(11-1)28-12-2-6-17-34(28)43(33)26-23-24-36-32(25-26)29-13-3-7-18-35(29)44(36)39-21-10-22-40(42-39)45-38-20-9-15-31-30-14-4-8-19-37(30)46-41(31)38/h1-25H. The van der Waals surface area contributed by atoms with E-state index in [4.69, 9.17) is 14.1 Å². The molecule has 0 fully saturated rings. The Morgan fingerprint density at radius 3 is 1.80 bits per heavy atom. The van der Waals surface area contributed by atoms with Crippen LogP contribution < -0.4 is 4.74 Å². The number of benzene rings is 6. The largest absolute Gasteiger partial charge is 0.452 e. The third-order valence-electron chi connectivity index (χ3n) is 9.02. The molecule has 0 N–H and O–H groups in total. The maximum absolute atomic E-state index is 6.41. The Balaban J connectivity index is 1.13. The Bertz CT molecular complexity index is 2750. The maximum Gasteiger partial charge on any atom is 0.221 e. The highest BCUT2D eigenvalue weighted by molar-refractivity contribution is 6.12. The molecule has 10 aromatic rings. The van der Waals surface area contributed by atoms with Crippen LogP contribution in [0.1, 0.15) is 0 Å². The zero-order valence-corrected chi connectivity index (χ0v) is 24.6. The van der Waals surface area contributed by atoms with Gasteiger partial charge in [0, 0.05) is 44.1 Å². The van der Waals surface area contributed by atoms with Gasteiger partial charge in [-0.2, -0.15) is 4.98 Å². The van der Waals surface area contributed by atoms with Gasteiger partial charge in [0.15, 0.2) is 11.3 Å². The van der Waals surface area contributed by atoms with Crippen molar-refractivity contribution in [1.29, 1.82) is 0 Å². The van der Waals surface area contributed by atoms with Crippen molar-refractivity contribution < 1.29 is 9.15 Å². The van der Waals surface area contributed by atoms with Gasteiger partial charge in [0.2, 0.25) is 5.88 Å². The van der Waals surface area contributed by atoms with Crippen molar-refractivity contribution in [2.75, 3.05) is 0 Å². The molecule has 0 amide bonds. The molecule has 5 nitrogen and oxygen atoms in total. The summed E-state index contributed by atoms with van der Waals surface area (Å²) in [6.45, 7) is 0. The Labute approximate surface area is 263 Å². The van der Waals surface area contributed by atoms with Crippen LogP contribution in [0, 0.1) is 0 Å². The highest BCUT2D eigenvalue weighted by Gasteiger charge is 2.18. The van der Waals surface area contributed by atoms with Crippen LogP contribution in [-0.4, -0.2) is 14.1 Å². The van der Waals surface area contributed by atoms with Gasteiger partial charge in [-0.25, -0.2) is 0 Å². The first-order chi connectivity index (χ1) is 22.8. The summed E-state index contributed by atoms with van der Waals surface area (Å²) in [5.41, 5.74) is 7.22. The van der Waals surface area contributed by atoms with Crippen molar-refractivity contribution in [3.63, 3.8) is 0 Å². The number of pyridine rings is 1. The maximum atomic E-state index is 6.41. The number of aromatic nitrogens is 3. The molecular formula is C41H25N3O2. The number of ether oxygens (including phenoxy) is 1. The van der Waals surface area contributed by atoms with Crippen molar-refractivity contribution in [2.24, 2.45) is 0 Å². The molecule has 0 aliphatic rings. The summed E-state index contributed by atoms with van der Waals surface area (Å²) in [5.74, 6) is 1.92. The van der Waals surface area contributed by atoms with Crippen molar-refractivity contribution in [1.82, 2.24) is 14.1 Å². The van der Waals surface area contributed by atoms with Gasteiger partial charge in [0.1, 0.15) is 11.4 Å². The van der Waals surface area contributed by atoms with E-state index in [9.17, 15) is 0 Å². The molecule has 216 valence electrons. The van der Waals surface area contributed by atoms with Crippen LogP contribution in [0.4, 0.5) is 0 Å². The molecule has 46 heavy (non-hydrogen) atoms. The van der Waals surface area contributed by atoms with Crippen LogP contribution >= 0.6 is 0 Å². The number of para-hydroxylation sites is 5. The average molecular weight is 592 g/mol. The normalized spacial score (nSPS) is 11.9. The van der Waals surface area contributed by atoms with Gasteiger partial charge in [-0.15, -0.1) is 0 Å². The van der Waals surface area contributed by atoms with Gasteiger partial charge in [0.05, 0.1) is 22.1 Å². The van der Waals surface area contributed by atoms with Crippen LogP contribution in [0.2, 0.25) is 0 Å². The van der Waals surface area contributed by atoms with Gasteiger partial charge in [-0.1, -0.05) is 91.0 Å². The van der Waals surface area contributed by atoms with E-state index in [1.807, 2.05) is 48.5 Å². The van der Waals surface area contributed by atoms with E-state index >= 15 is 0 Å². The van der Waals surface area contributed by atoms with E-state index in [1.54, 1.807) is 0 Å². The number of nitrogens with zero attached hydrogens (tertiary/aromatic N) is 3. The Hall–Kier alpha value is -6.33. The van der Waals surface area contributed by atoms with E-state index in [0.717, 1.165) is 44.3 Å². The Morgan fingerprint density at radius 1 is 0.457 bits per heavy atom. The zero-order valence-electron chi connectivity index (χ0n) is 24.6. The van der Waals surface area contributed by atoms with Crippen LogP contribution in [0.3, 0.4) is 0 Å². The van der Waals surface area contributed by atoms with E-state index in [2.05, 4.69) is 112 Å². The molecule has 0 unspecified atom stereocenters. The fourth-order valence-corrected chi connectivity index (χ4v) is 7.05. The van der Waals surface area contributed by atoms with Gasteiger partial charge in [0.25, 0.3) is 0 Å². The molecule has 0 saturated heterocycles. The summed E-state index contributed by atoms with van der Waals surface area (Å²) in [5, 5.41) is 6.91. The van der Waals surface area contributed by atoms with Crippen LogP contribution in [0.5, 0.6) is 11.6 Å². The van der Waals surface area contributed by atoms with Crippen molar-refractivity contribution in [3.05, 3.63) is 152 Å². The Kier molecular flexibility index (Phi) is 5.22. The molecule has 0 spiro atoms. The first-order valence-corrected chi connectivity index (χ1v) is 15.4. The third kappa shape index (κ3) is 3.60. The van der Waals surface area contributed by atoms with E-state index in [0.29, 0.717) is 17.2 Å². The lowest BCUT2D eigenvalue weighted by atomic mass is 10.1. The monoisotopic (exact) mass is 591 g/mol. The lowest BCUT2D eigenvalue weighted by Crippen LogP contribution is -1.99. The zero-order chi connectivity index (χ0) is 30.2. The number of hydrogen-bond donors (Lipinski definition) is 0. The third-order valence-corrected chi connectivity index (χ3v) is 9.02. The molecule has 0 bridgehead atoms. The van der Waals surface area contributed by atoms with E-state index in [-0.39, 0.29) is 0 Å². The summed E-state index contributed by atoms with van der Waals surface area (Å²) in [6.07, 6.45) is 0. The molecule has 0 saturated carbocycles. The van der Waals surface area contributed by atoms with E-state index in [1.165, 1.54) is 27.2 Å². The minimum Gasteiger partial charge on any atom is -0.452 e. The SMILES string of the molecule is c1cc(Oc2cccc3c2oc2ccccc23)nc(-n2c3ccccc3c3cc(-n4c5ccccc5c5ccccc54)ccc32)c1. The summed E-state index contributed by atoms with van der Waals surface area (Å²) in [7, 11) is 0. The molecule has 6 aromatic carbocycles. The summed E-state index contributed by atoms with van der Waals surface area (Å²) < 4.78 is 17.2. The van der Waals surface area contributed by atoms with Crippen LogP contribution in [0.25, 0.3) is 77.1 Å². The summed E-state index contributed by atoms with van der Waals surface area (Å²) >= 11 is 0. The lowest BCUT2D eigenvalue weighted by molar-refractivity contribution is 0.457. The molecule has 4 aromatic heterocycles. The Morgan fingerprint density at radius 2 is 1.04 bits per heavy atom. The van der Waals surface area contributed by atoms with Crippen molar-refractivity contribution >= 4 is 65.6 Å². The molecule has 10 rings (SSSR count). The van der Waals surface area contributed by atoms with Crippen LogP contribution in [0.15, 0.2) is 156 Å². The molecule has 0 radical (unpaired) electrons. The van der Waals surface area contributed by atoms with Crippen molar-refractivity contribution in [2.45, 2.75) is 0 Å². The minimum atomic E-state index is 0.498. The predicted octanol–water partition coefficient (Wildman–Crippen LogP) is 11.0. The highest BCUT2D eigenvalue weighted by Crippen LogP contribution is 2.38. The quantitative estimate of drug-likeness (QED) is 0.204. The number of furan rings is 1. The topological polar surface area (TPSA) is 45.1 Å². The second kappa shape index (κ2) is 9.58. The van der Waals surface area contributed by atoms with Crippen LogP contribution in [-0.2, 0) is 0 Å². The number of rotatable bonds is 4. The fraction of sp³-hybridized carbons (Fsp3) is 0. The first-order valence-electron chi connectivity index (χ1n) is 15.4. The molecule has 0 aliphatic heterocycles. The molecule has 4 heterocycles. The summed E-state index contributed by atoms with van der Waals surface area (Å²) in [6, 6.07) is 52.4. The summed E-state index contributed by atoms with van der Waals surface area (Å²) in [4.78, 5) is 5.02. The van der Waals surface area contributed by atoms with E-state index < -0.39 is 0 Å². The molecule has 0 aliphatic carbocycles. The highest BCUT2D eigenvalue weighted by atomic mass is 16.5. The van der Waals surface area contributed by atoms with Gasteiger partial charge in [-0.3, -0.25) is 4.57 Å². The minimum absolute atomic E-state index is 0.498. The second-order valence-electron chi connectivity index (χ2n) is 11.6. The molecular weight excluding hydrogens is 566 g/mol. The smallest absolute Gasteiger partial charge is 0.221 e. The van der Waals surface area contributed by atoms with Gasteiger partial charge >= 0.3 is 0 Å². The lowest BCUT2D eigenvalue weighted by Gasteiger charge is -2.11. The predicted molar refractivity (Wildman–Crippen MR) is 187 cm³/mol. The molecule has 0 atom stereocenters. The van der Waals surface area contributed by atoms with Gasteiger partial charge in [-0.05, 0) is 54.6 Å². The fourth-order valence-electron chi connectivity index (χ4n) is 7.05. The number of fused-ring (bicyclic) bond motifs is 9. The average Bonchev–Trinajstić information content (AvgIpc) is 3.77. The van der Waals surface area contributed by atoms with Crippen molar-refractivity contribution in [3.8, 4) is 23.1 Å². The first kappa shape index (κ1) is 25.0. The molecule has 5 heteroatoms. The second-order valence-corrected chi connectivity index (χ2v) is 11.6.